The molecule has 12 aromatic rings. The first kappa shape index (κ1) is 82.8. The molecule has 0 atom stereocenters. The van der Waals surface area contributed by atoms with Crippen molar-refractivity contribution in [3.63, 3.8) is 0 Å². The van der Waals surface area contributed by atoms with Crippen molar-refractivity contribution in [2.75, 3.05) is 0 Å². The minimum atomic E-state index is -5.15. The van der Waals surface area contributed by atoms with Gasteiger partial charge in [-0.25, -0.2) is 18.1 Å². The van der Waals surface area contributed by atoms with Crippen LogP contribution in [0.5, 0.6) is 0 Å². The summed E-state index contributed by atoms with van der Waals surface area (Å²) in [4.78, 5) is 38.7. The zero-order valence-corrected chi connectivity index (χ0v) is 74.7. The van der Waals surface area contributed by atoms with E-state index < -0.39 is 29.4 Å². The first-order valence-corrected chi connectivity index (χ1v) is 45.7. The molecule has 116 heavy (non-hydrogen) atoms. The van der Waals surface area contributed by atoms with E-state index in [1.54, 1.807) is 0 Å². The van der Waals surface area contributed by atoms with Crippen molar-refractivity contribution in [3.05, 3.63) is 345 Å². The van der Waals surface area contributed by atoms with E-state index in [1.165, 1.54) is 0 Å². The van der Waals surface area contributed by atoms with E-state index in [0.717, 1.165) is 178 Å². The Balaban J connectivity index is 1.54. The van der Waals surface area contributed by atoms with Crippen LogP contribution in [-0.4, -0.2) is 0 Å². The molecular weight excluding hydrogens is 1500 g/mol. The normalized spacial score (nSPS) is 17.0. The summed E-state index contributed by atoms with van der Waals surface area (Å²) < 4.78 is 27.0. The molecule has 0 amide bonds. The molecule has 13 rings (SSSR count). The van der Waals surface area contributed by atoms with E-state index in [0.29, 0.717) is 65.7 Å². The minimum absolute atomic E-state index is 0.379. The number of rotatable bonds is 16. The van der Waals surface area contributed by atoms with Crippen LogP contribution in [0.2, 0.25) is 0 Å². The van der Waals surface area contributed by atoms with Gasteiger partial charge in [-0.1, -0.05) is 214 Å². The maximum Gasteiger partial charge on any atom is 0.196 e. The standard InChI is InChI=1S/C96H100N16P4/c1-53-37-61(9)85(62(10)38-53)77-29-25-30-78(86-63(11)39-54(2)40-64(86)12)93(77)113(105-101-97)109-114(106-102-98,94-79(87-65(13)41-55(3)42-66(87)14)31-26-32-80(94)88-67(15)43-56(4)44-68(88)16)111-116(108-104-100,96-83(91-73(21)49-59(7)50-74(91)22)35-28-36-84(96)92-75(23)51-60(8)52-76(92)24)112-115(110-113,107-103-99)95-81(89-69(17)45-57(5)46-70(89)18)33-27-34-82(95)90-71(19)47-58(6)48-72(90)20/h25-52H,1-24H3. The molecular formula is C96H100N16P4. The summed E-state index contributed by atoms with van der Waals surface area (Å²) in [6.07, 6.45) is 0. The Labute approximate surface area is 684 Å². The van der Waals surface area contributed by atoms with Crippen LogP contribution in [-0.2, 0) is 0 Å². The monoisotopic (exact) mass is 1600 g/mol. The van der Waals surface area contributed by atoms with Crippen LogP contribution in [0.15, 0.2) is 207 Å². The third-order valence-corrected chi connectivity index (χ3v) is 36.2. The molecule has 12 aromatic carbocycles. The average Bonchev–Trinajstić information content (AvgIpc) is 0.685. The molecule has 0 bridgehead atoms. The zero-order valence-electron chi connectivity index (χ0n) is 71.1. The lowest BCUT2D eigenvalue weighted by atomic mass is 9.89. The van der Waals surface area contributed by atoms with Crippen molar-refractivity contribution in [1.29, 1.82) is 0 Å². The van der Waals surface area contributed by atoms with Gasteiger partial charge < -0.3 is 0 Å². The fourth-order valence-electron chi connectivity index (χ4n) is 19.6. The summed E-state index contributed by atoms with van der Waals surface area (Å²) in [6.45, 7) is 50.0. The second kappa shape index (κ2) is 32.1. The Kier molecular flexibility index (Phi) is 22.9. The number of nitrogens with zero attached hydrogens (tertiary/aromatic N) is 16. The van der Waals surface area contributed by atoms with Gasteiger partial charge in [0.1, 0.15) is 0 Å². The summed E-state index contributed by atoms with van der Waals surface area (Å²) in [5.41, 5.74) is 85.1. The first-order chi connectivity index (χ1) is 55.1. The van der Waals surface area contributed by atoms with E-state index in [2.05, 4.69) is 283 Å². The summed E-state index contributed by atoms with van der Waals surface area (Å²) in [5, 5.41) is 1.52. The highest BCUT2D eigenvalue weighted by molar-refractivity contribution is 7.93. The summed E-state index contributed by atoms with van der Waals surface area (Å²) in [6, 6.07) is 58.9. The second-order valence-electron chi connectivity index (χ2n) is 32.3. The van der Waals surface area contributed by atoms with E-state index >= 15 is 0 Å². The van der Waals surface area contributed by atoms with Gasteiger partial charge in [0.2, 0.25) is 0 Å². The van der Waals surface area contributed by atoms with Gasteiger partial charge in [0.05, 0.1) is 0 Å². The topological polar surface area (TPSA) is 244 Å². The maximum absolute atomic E-state index is 12.8. The summed E-state index contributed by atoms with van der Waals surface area (Å²) >= 11 is 0. The number of benzene rings is 12. The van der Waals surface area contributed by atoms with Crippen LogP contribution >= 0.6 is 29.4 Å². The van der Waals surface area contributed by atoms with Gasteiger partial charge in [-0.3, -0.25) is 0 Å². The highest BCUT2D eigenvalue weighted by Crippen LogP contribution is 2.82. The Bertz CT molecular complexity index is 5410. The lowest BCUT2D eigenvalue weighted by molar-refractivity contribution is 1.31. The molecule has 0 fully saturated rings. The second-order valence-corrected chi connectivity index (χ2v) is 42.3. The summed E-state index contributed by atoms with van der Waals surface area (Å²) in [5.74, 6) is 0. The van der Waals surface area contributed by atoms with E-state index in [4.69, 9.17) is 37.6 Å². The fraction of sp³-hybridized carbons (Fsp3) is 0.250. The van der Waals surface area contributed by atoms with Crippen molar-refractivity contribution < 1.29 is 0 Å². The van der Waals surface area contributed by atoms with Crippen molar-refractivity contribution in [2.24, 2.45) is 37.6 Å². The fourth-order valence-corrected chi connectivity index (χ4v) is 35.9. The Hall–Kier alpha value is -11.2. The van der Waals surface area contributed by atoms with Crippen molar-refractivity contribution in [2.45, 2.75) is 166 Å². The number of azide groups is 4. The molecule has 16 nitrogen and oxygen atoms in total. The molecule has 0 aliphatic carbocycles. The molecule has 1 aliphatic heterocycles. The van der Waals surface area contributed by atoms with Gasteiger partial charge >= 0.3 is 0 Å². The summed E-state index contributed by atoms with van der Waals surface area (Å²) in [7, 11) is -20.6. The molecule has 1 heterocycles. The van der Waals surface area contributed by atoms with E-state index in [9.17, 15) is 22.1 Å². The Morgan fingerprint density at radius 1 is 0.190 bits per heavy atom. The van der Waals surface area contributed by atoms with Gasteiger partial charge in [0.15, 0.2) is 29.4 Å². The predicted molar refractivity (Wildman–Crippen MR) is 495 cm³/mol. The van der Waals surface area contributed by atoms with Gasteiger partial charge in [-0.05, 0) is 386 Å². The van der Waals surface area contributed by atoms with Crippen LogP contribution in [0.25, 0.3) is 131 Å². The van der Waals surface area contributed by atoms with E-state index in [1.807, 2.05) is 72.8 Å². The van der Waals surface area contributed by atoms with Gasteiger partial charge in [0.25, 0.3) is 0 Å². The lowest BCUT2D eigenvalue weighted by Crippen LogP contribution is -2.19. The van der Waals surface area contributed by atoms with E-state index in [-0.39, 0.29) is 0 Å². The largest absolute Gasteiger partial charge is 0.218 e. The molecule has 20 heteroatoms. The Morgan fingerprint density at radius 2 is 0.293 bits per heavy atom. The van der Waals surface area contributed by atoms with Crippen molar-refractivity contribution in [1.82, 2.24) is 0 Å². The lowest BCUT2D eigenvalue weighted by Gasteiger charge is -2.36. The quantitative estimate of drug-likeness (QED) is 0.0379. The maximum atomic E-state index is 12.8. The third-order valence-electron chi connectivity index (χ3n) is 22.6. The molecule has 584 valence electrons. The van der Waals surface area contributed by atoms with Crippen LogP contribution in [0.3, 0.4) is 0 Å². The molecule has 0 radical (unpaired) electrons. The zero-order chi connectivity index (χ0) is 83.7. The number of aryl methyl sites for hydroxylation is 24. The van der Waals surface area contributed by atoms with Crippen molar-refractivity contribution in [3.8, 4) is 89.0 Å². The van der Waals surface area contributed by atoms with Crippen LogP contribution in [0, 0.1) is 166 Å². The first-order valence-electron chi connectivity index (χ1n) is 39.1. The molecule has 0 saturated carbocycles. The van der Waals surface area contributed by atoms with Crippen LogP contribution in [0.4, 0.5) is 0 Å². The van der Waals surface area contributed by atoms with Crippen LogP contribution < -0.4 is 21.2 Å². The Morgan fingerprint density at radius 3 is 0.388 bits per heavy atom. The van der Waals surface area contributed by atoms with Crippen LogP contribution in [0.1, 0.15) is 134 Å². The number of hydrogen-bond donors (Lipinski definition) is 0. The molecule has 0 unspecified atom stereocenters. The SMILES string of the molecule is Cc1cc(C)c(-c2cccc(-c3c(C)cc(C)cc3C)c2P2(N=[N+]=[N-])=NP(N=[N+]=[N-])(c3c(-c4c(C)cc(C)cc4C)cccc3-c3c(C)cc(C)cc3C)=NP(N=[N+]=[N-])(c3c(-c4c(C)cc(C)cc4C)cccc3-c3c(C)cc(C)cc3C)=NP(N=[N+]=[N-])(c3c(-c4c(C)cc(C)cc4C)cccc3-c3c(C)cc(C)cc3C)=N2)c(C)c1. The van der Waals surface area contributed by atoms with Crippen molar-refractivity contribution >= 4 is 50.6 Å². The molecule has 0 N–H and O–H groups in total. The number of hydrogen-bond acceptors (Lipinski definition) is 8. The van der Waals surface area contributed by atoms with Gasteiger partial charge in [0, 0.05) is 40.9 Å². The minimum Gasteiger partial charge on any atom is -0.218 e. The third kappa shape index (κ3) is 14.7. The molecule has 0 aromatic heterocycles. The predicted octanol–water partition coefficient (Wildman–Crippen LogP) is 31.4. The molecule has 0 spiro atoms. The average molecular weight is 1600 g/mol. The van der Waals surface area contributed by atoms with Gasteiger partial charge in [-0.2, -0.15) is 0 Å². The highest BCUT2D eigenvalue weighted by atomic mass is 31.3. The smallest absolute Gasteiger partial charge is 0.196 e. The highest BCUT2D eigenvalue weighted by Gasteiger charge is 2.47. The molecule has 1 aliphatic rings. The van der Waals surface area contributed by atoms with Gasteiger partial charge in [-0.15, -0.1) is 0 Å². The molecule has 0 saturated heterocycles.